The van der Waals surface area contributed by atoms with E-state index in [4.69, 9.17) is 25.4 Å². The average molecular weight is 1080 g/mol. The van der Waals surface area contributed by atoms with Crippen LogP contribution in [0.4, 0.5) is 14.6 Å². The third-order valence-electron chi connectivity index (χ3n) is 16.2. The molecule has 4 aromatic heterocycles. The van der Waals surface area contributed by atoms with Gasteiger partial charge >= 0.3 is 6.01 Å². The molecule has 2 bridgehead atoms. The number of fused-ring (bicyclic) bond motifs is 4. The molecule has 406 valence electrons. The van der Waals surface area contributed by atoms with Crippen LogP contribution in [0.25, 0.3) is 43.4 Å². The van der Waals surface area contributed by atoms with E-state index in [1.807, 2.05) is 45.3 Å². The first-order valence-electron chi connectivity index (χ1n) is 27.0. The quantitative estimate of drug-likeness (QED) is 0.0778. The van der Waals surface area contributed by atoms with Gasteiger partial charge in [0.15, 0.2) is 11.6 Å². The number of phenolic OH excluding ortho intramolecular Hbond substituents is 1. The summed E-state index contributed by atoms with van der Waals surface area (Å²) in [5.74, 6) is 0.942. The number of nitrogens with zero attached hydrogens (tertiary/aromatic N) is 8. The number of nitrogens with one attached hydrogen (secondary N) is 2. The number of hydrogen-bond donors (Lipinski definition) is 3. The first-order valence-corrected chi connectivity index (χ1v) is 27.9. The van der Waals surface area contributed by atoms with Crippen LogP contribution in [0.3, 0.4) is 0 Å². The summed E-state index contributed by atoms with van der Waals surface area (Å²) in [6, 6.07) is 15.1. The fourth-order valence-corrected chi connectivity index (χ4v) is 12.6. The zero-order chi connectivity index (χ0) is 54.4. The Balaban J connectivity index is 0.711. The molecule has 4 fully saturated rings. The van der Waals surface area contributed by atoms with Crippen molar-refractivity contribution in [2.24, 2.45) is 11.3 Å². The van der Waals surface area contributed by atoms with Crippen molar-refractivity contribution in [2.45, 2.75) is 103 Å². The monoisotopic (exact) mass is 1080 g/mol. The highest BCUT2D eigenvalue weighted by Gasteiger charge is 2.41. The van der Waals surface area contributed by atoms with Crippen molar-refractivity contribution in [1.82, 2.24) is 45.5 Å². The molecule has 4 saturated heterocycles. The van der Waals surface area contributed by atoms with E-state index in [2.05, 4.69) is 65.5 Å². The molecule has 3 aromatic carbocycles. The fraction of sp³-hybridized carbons (Fsp3) is 0.441. The maximum absolute atomic E-state index is 17.1. The summed E-state index contributed by atoms with van der Waals surface area (Å²) in [5.41, 5.74) is 4.65. The molecule has 4 aliphatic heterocycles. The van der Waals surface area contributed by atoms with Gasteiger partial charge in [-0.1, -0.05) is 57.0 Å². The Labute approximate surface area is 455 Å². The number of likely N-dealkylation sites (tertiary alicyclic amines) is 2. The summed E-state index contributed by atoms with van der Waals surface area (Å²) in [5, 5.41) is 22.9. The van der Waals surface area contributed by atoms with Crippen LogP contribution < -0.4 is 25.0 Å². The normalized spacial score (nSPS) is 20.1. The summed E-state index contributed by atoms with van der Waals surface area (Å²) in [7, 11) is 0. The number of rotatable bonds is 16. The van der Waals surface area contributed by atoms with Crippen molar-refractivity contribution in [3.63, 3.8) is 0 Å². The summed E-state index contributed by atoms with van der Waals surface area (Å²) in [6.07, 6.45) is 12.3. The van der Waals surface area contributed by atoms with Crippen molar-refractivity contribution in [1.29, 1.82) is 0 Å². The van der Waals surface area contributed by atoms with Crippen LogP contribution in [-0.4, -0.2) is 122 Å². The number of piperidine rings is 1. The molecule has 0 aliphatic carbocycles. The predicted octanol–water partition coefficient (Wildman–Crippen LogP) is 9.34. The first-order chi connectivity index (χ1) is 37.6. The van der Waals surface area contributed by atoms with Crippen molar-refractivity contribution < 1.29 is 37.5 Å². The number of thiazole rings is 1. The minimum Gasteiger partial charge on any atom is -0.508 e. The van der Waals surface area contributed by atoms with Crippen molar-refractivity contribution >= 4 is 50.6 Å². The zero-order valence-electron chi connectivity index (χ0n) is 44.5. The molecule has 0 spiro atoms. The number of carbonyl (C=O) groups excluding carboxylic acids is 2. The van der Waals surface area contributed by atoms with Gasteiger partial charge in [0.2, 0.25) is 11.8 Å². The van der Waals surface area contributed by atoms with Gasteiger partial charge in [0.1, 0.15) is 47.2 Å². The van der Waals surface area contributed by atoms with E-state index in [-0.39, 0.29) is 87.4 Å². The minimum absolute atomic E-state index is 0.00724. The molecule has 4 aliphatic rings. The van der Waals surface area contributed by atoms with E-state index in [0.717, 1.165) is 66.9 Å². The highest BCUT2D eigenvalue weighted by Crippen LogP contribution is 2.41. The number of aromatic nitrogens is 5. The number of carbonyl (C=O) groups is 2. The number of terminal acetylenes is 1. The molecule has 78 heavy (non-hydrogen) atoms. The highest BCUT2D eigenvalue weighted by atomic mass is 32.1. The van der Waals surface area contributed by atoms with E-state index in [0.29, 0.717) is 67.4 Å². The van der Waals surface area contributed by atoms with Gasteiger partial charge in [0.05, 0.1) is 39.7 Å². The minimum atomic E-state index is -0.769. The summed E-state index contributed by atoms with van der Waals surface area (Å²) in [6.45, 7) is 14.7. The lowest BCUT2D eigenvalue weighted by Crippen LogP contribution is -2.51. The van der Waals surface area contributed by atoms with Crippen LogP contribution in [0.5, 0.6) is 17.6 Å². The van der Waals surface area contributed by atoms with Gasteiger partial charge in [-0.15, -0.1) is 17.8 Å². The number of ether oxygens (including phenoxy) is 2. The van der Waals surface area contributed by atoms with E-state index < -0.39 is 23.6 Å². The number of aryl methyl sites for hydroxylation is 1. The second kappa shape index (κ2) is 21.9. The highest BCUT2D eigenvalue weighted by molar-refractivity contribution is 7.13. The van der Waals surface area contributed by atoms with Crippen LogP contribution in [0, 0.1) is 42.2 Å². The SMILES string of the molecule is C#Cc1c(F)ccc2cc(O)cc(-c3ncc4c(N5CC6CCC(C5)N6)nc(OCCN5CCC(C)(COc6cc(C(C(=O)N7CCCC7C(=O)NC(C)c7ccc(-c8scnc8C)cc7)C(C)C)on6)CC5)nc4c3F)c12. The van der Waals surface area contributed by atoms with Gasteiger partial charge in [-0.3, -0.25) is 19.5 Å². The summed E-state index contributed by atoms with van der Waals surface area (Å²) < 4.78 is 50.5. The lowest BCUT2D eigenvalue weighted by atomic mass is 9.81. The standard InChI is InChI=1S/C59H64F2N10O6S/c1-7-42-45(60)17-14-38-25-41(72)26-43(50(38)42)52-51(61)53-44(28-62-52)55(70-29-39-15-16-40(30-70)65-39)67-58(66-53)75-24-23-69-21-18-59(6,19-22-69)31-76-48-27-47(77-68-48)49(33(2)3)57(74)71-20-8-9-46(71)56(73)64-34(4)36-10-12-37(13-11-36)54-35(5)63-32-78-54/h1,10-14,17,25-28,32-34,39-40,46,49,65,72H,8-9,15-16,18-24,29-31H2,2-6H3,(H,64,73). The maximum atomic E-state index is 17.1. The number of hydrogen-bond acceptors (Lipinski definition) is 15. The number of anilines is 1. The number of amides is 2. The lowest BCUT2D eigenvalue weighted by molar-refractivity contribution is -0.141. The van der Waals surface area contributed by atoms with Crippen LogP contribution in [0.1, 0.15) is 101 Å². The Morgan fingerprint density at radius 2 is 1.77 bits per heavy atom. The van der Waals surface area contributed by atoms with Crippen LogP contribution in [0.2, 0.25) is 0 Å². The molecule has 5 atom stereocenters. The van der Waals surface area contributed by atoms with E-state index in [1.54, 1.807) is 22.3 Å². The molecule has 2 amide bonds. The van der Waals surface area contributed by atoms with Crippen LogP contribution in [0.15, 0.2) is 70.8 Å². The fourth-order valence-electron chi connectivity index (χ4n) is 11.8. The van der Waals surface area contributed by atoms with Gasteiger partial charge in [0, 0.05) is 66.9 Å². The Kier molecular flexibility index (Phi) is 14.8. The van der Waals surface area contributed by atoms with E-state index in [9.17, 15) is 14.7 Å². The van der Waals surface area contributed by atoms with Gasteiger partial charge in [-0.05, 0) is 111 Å². The number of phenols is 1. The number of benzene rings is 3. The molecule has 0 saturated carbocycles. The van der Waals surface area contributed by atoms with Crippen LogP contribution in [-0.2, 0) is 9.59 Å². The summed E-state index contributed by atoms with van der Waals surface area (Å²) in [4.78, 5) is 53.8. The molecule has 16 nitrogen and oxygen atoms in total. The molecule has 8 heterocycles. The van der Waals surface area contributed by atoms with Crippen LogP contribution >= 0.6 is 11.3 Å². The maximum Gasteiger partial charge on any atom is 0.319 e. The lowest BCUT2D eigenvalue weighted by Gasteiger charge is -2.38. The third kappa shape index (κ3) is 10.6. The third-order valence-corrected chi connectivity index (χ3v) is 17.2. The second-order valence-corrected chi connectivity index (χ2v) is 23.0. The number of halogens is 2. The Morgan fingerprint density at radius 3 is 2.49 bits per heavy atom. The average Bonchev–Trinajstić information content (AvgIpc) is 4.36. The van der Waals surface area contributed by atoms with Crippen molar-refractivity contribution in [2.75, 3.05) is 57.4 Å². The number of piperazine rings is 1. The first kappa shape index (κ1) is 52.8. The van der Waals surface area contributed by atoms with Crippen molar-refractivity contribution in [3.05, 3.63) is 101 Å². The smallest absolute Gasteiger partial charge is 0.319 e. The number of pyridine rings is 1. The van der Waals surface area contributed by atoms with E-state index in [1.165, 1.54) is 30.5 Å². The Bertz CT molecular complexity index is 3420. The topological polar surface area (TPSA) is 184 Å². The molecule has 19 heteroatoms. The molecule has 7 aromatic rings. The van der Waals surface area contributed by atoms with Gasteiger partial charge < -0.3 is 39.5 Å². The molecular formula is C59H64F2N10O6S. The van der Waals surface area contributed by atoms with Gasteiger partial charge in [0.25, 0.3) is 5.88 Å². The molecule has 5 unspecified atom stereocenters. The molecular weight excluding hydrogens is 1010 g/mol. The summed E-state index contributed by atoms with van der Waals surface area (Å²) >= 11 is 1.60. The van der Waals surface area contributed by atoms with Crippen molar-refractivity contribution in [3.8, 4) is 51.7 Å². The molecule has 3 N–H and O–H groups in total. The van der Waals surface area contributed by atoms with Gasteiger partial charge in [-0.2, -0.15) is 9.97 Å². The second-order valence-electron chi connectivity index (χ2n) is 22.1. The largest absolute Gasteiger partial charge is 0.508 e. The molecule has 0 radical (unpaired) electrons. The molecule has 11 rings (SSSR count). The van der Waals surface area contributed by atoms with E-state index >= 15 is 8.78 Å². The van der Waals surface area contributed by atoms with Gasteiger partial charge in [-0.25, -0.2) is 13.8 Å². The predicted molar refractivity (Wildman–Crippen MR) is 294 cm³/mol. The zero-order valence-corrected chi connectivity index (χ0v) is 45.3. The Morgan fingerprint density at radius 1 is 1.00 bits per heavy atom. The number of aromatic hydroxyl groups is 1. The Hall–Kier alpha value is -7.27.